The molecule has 2 atom stereocenters. The Bertz CT molecular complexity index is 202. The maximum absolute atomic E-state index is 11.9. The molecular weight excluding hydrogens is 224 g/mol. The summed E-state index contributed by atoms with van der Waals surface area (Å²) in [4.78, 5) is 11.9. The van der Waals surface area contributed by atoms with Crippen molar-refractivity contribution >= 4 is 17.7 Å². The van der Waals surface area contributed by atoms with Crippen molar-refractivity contribution in [3.8, 4) is 0 Å². The molecular formula is C11H22N2O2S. The van der Waals surface area contributed by atoms with Crippen LogP contribution >= 0.6 is 11.8 Å². The highest BCUT2D eigenvalue weighted by atomic mass is 32.2. The Balaban J connectivity index is 2.33. The minimum atomic E-state index is -0.0324. The average molecular weight is 246 g/mol. The van der Waals surface area contributed by atoms with E-state index in [1.165, 1.54) is 0 Å². The lowest BCUT2D eigenvalue weighted by Gasteiger charge is -2.25. The van der Waals surface area contributed by atoms with Gasteiger partial charge in [-0.05, 0) is 6.42 Å². The van der Waals surface area contributed by atoms with Gasteiger partial charge in [-0.15, -0.1) is 0 Å². The molecule has 0 saturated carbocycles. The van der Waals surface area contributed by atoms with Gasteiger partial charge < -0.3 is 15.4 Å². The molecule has 0 radical (unpaired) electrons. The SMILES string of the molecule is CCCC(COC)NC(=O)C1CSCCN1. The van der Waals surface area contributed by atoms with Crippen molar-refractivity contribution in [3.63, 3.8) is 0 Å². The Hall–Kier alpha value is -0.260. The fourth-order valence-electron chi connectivity index (χ4n) is 1.78. The molecule has 1 rings (SSSR count). The van der Waals surface area contributed by atoms with Crippen LogP contribution in [0.4, 0.5) is 0 Å². The van der Waals surface area contributed by atoms with E-state index in [1.807, 2.05) is 11.8 Å². The number of ether oxygens (including phenoxy) is 1. The summed E-state index contributed by atoms with van der Waals surface area (Å²) in [6.07, 6.45) is 2.03. The Morgan fingerprint density at radius 3 is 3.06 bits per heavy atom. The highest BCUT2D eigenvalue weighted by Crippen LogP contribution is 2.08. The first-order valence-electron chi connectivity index (χ1n) is 5.88. The number of thioether (sulfide) groups is 1. The van der Waals surface area contributed by atoms with Gasteiger partial charge in [-0.3, -0.25) is 4.79 Å². The van der Waals surface area contributed by atoms with Gasteiger partial charge in [0, 0.05) is 25.2 Å². The number of hydrogen-bond acceptors (Lipinski definition) is 4. The van der Waals surface area contributed by atoms with E-state index < -0.39 is 0 Å². The molecule has 1 aliphatic rings. The molecule has 1 fully saturated rings. The molecule has 5 heteroatoms. The lowest BCUT2D eigenvalue weighted by molar-refractivity contribution is -0.123. The lowest BCUT2D eigenvalue weighted by atomic mass is 10.1. The van der Waals surface area contributed by atoms with Crippen molar-refractivity contribution in [3.05, 3.63) is 0 Å². The molecule has 4 nitrogen and oxygen atoms in total. The maximum atomic E-state index is 11.9. The van der Waals surface area contributed by atoms with Gasteiger partial charge in [0.25, 0.3) is 0 Å². The van der Waals surface area contributed by atoms with Crippen molar-refractivity contribution in [2.75, 3.05) is 31.8 Å². The van der Waals surface area contributed by atoms with E-state index in [4.69, 9.17) is 4.74 Å². The number of rotatable bonds is 6. The molecule has 1 amide bonds. The molecule has 0 aromatic carbocycles. The van der Waals surface area contributed by atoms with Crippen LogP contribution in [0, 0.1) is 0 Å². The van der Waals surface area contributed by atoms with Gasteiger partial charge in [0.1, 0.15) is 0 Å². The molecule has 0 aliphatic carbocycles. The van der Waals surface area contributed by atoms with Gasteiger partial charge in [-0.2, -0.15) is 11.8 Å². The molecule has 16 heavy (non-hydrogen) atoms. The summed E-state index contributed by atoms with van der Waals surface area (Å²) in [5.74, 6) is 2.08. The summed E-state index contributed by atoms with van der Waals surface area (Å²) in [5, 5.41) is 6.28. The van der Waals surface area contributed by atoms with E-state index in [-0.39, 0.29) is 18.0 Å². The van der Waals surface area contributed by atoms with Crippen LogP contribution in [-0.4, -0.2) is 49.8 Å². The van der Waals surface area contributed by atoms with Crippen molar-refractivity contribution < 1.29 is 9.53 Å². The Morgan fingerprint density at radius 2 is 2.50 bits per heavy atom. The smallest absolute Gasteiger partial charge is 0.238 e. The van der Waals surface area contributed by atoms with Crippen molar-refractivity contribution in [1.29, 1.82) is 0 Å². The number of nitrogens with one attached hydrogen (secondary N) is 2. The molecule has 0 aromatic heterocycles. The summed E-state index contributed by atoms with van der Waals surface area (Å²) in [6.45, 7) is 3.63. The predicted molar refractivity (Wildman–Crippen MR) is 67.8 cm³/mol. The topological polar surface area (TPSA) is 50.4 Å². The fraction of sp³-hybridized carbons (Fsp3) is 0.909. The molecule has 2 N–H and O–H groups in total. The van der Waals surface area contributed by atoms with Crippen molar-refractivity contribution in [2.24, 2.45) is 0 Å². The third-order valence-electron chi connectivity index (χ3n) is 2.59. The van der Waals surface area contributed by atoms with Crippen molar-refractivity contribution in [1.82, 2.24) is 10.6 Å². The van der Waals surface area contributed by atoms with Crippen LogP contribution in [0.15, 0.2) is 0 Å². The number of amides is 1. The molecule has 1 saturated heterocycles. The van der Waals surface area contributed by atoms with Crippen LogP contribution in [-0.2, 0) is 9.53 Å². The third kappa shape index (κ3) is 4.72. The van der Waals surface area contributed by atoms with Crippen LogP contribution in [0.2, 0.25) is 0 Å². The molecule has 1 heterocycles. The van der Waals surface area contributed by atoms with Gasteiger partial charge in [-0.25, -0.2) is 0 Å². The highest BCUT2D eigenvalue weighted by Gasteiger charge is 2.22. The summed E-state index contributed by atoms with van der Waals surface area (Å²) < 4.78 is 5.10. The normalized spacial score (nSPS) is 22.8. The van der Waals surface area contributed by atoms with Gasteiger partial charge in [0.05, 0.1) is 18.7 Å². The molecule has 0 spiro atoms. The van der Waals surface area contributed by atoms with Gasteiger partial charge >= 0.3 is 0 Å². The van der Waals surface area contributed by atoms with Crippen LogP contribution in [0.1, 0.15) is 19.8 Å². The molecule has 94 valence electrons. The minimum Gasteiger partial charge on any atom is -0.383 e. The summed E-state index contributed by atoms with van der Waals surface area (Å²) in [6, 6.07) is 0.117. The second-order valence-corrected chi connectivity index (χ2v) is 5.18. The van der Waals surface area contributed by atoms with E-state index >= 15 is 0 Å². The Kier molecular flexibility index (Phi) is 6.84. The average Bonchev–Trinajstić information content (AvgIpc) is 2.31. The Morgan fingerprint density at radius 1 is 1.69 bits per heavy atom. The van der Waals surface area contributed by atoms with Crippen LogP contribution in [0.25, 0.3) is 0 Å². The molecule has 2 unspecified atom stereocenters. The minimum absolute atomic E-state index is 0.0324. The zero-order valence-electron chi connectivity index (χ0n) is 10.1. The second-order valence-electron chi connectivity index (χ2n) is 4.03. The van der Waals surface area contributed by atoms with E-state index in [1.54, 1.807) is 7.11 Å². The van der Waals surface area contributed by atoms with Crippen LogP contribution in [0.3, 0.4) is 0 Å². The van der Waals surface area contributed by atoms with Gasteiger partial charge in [-0.1, -0.05) is 13.3 Å². The predicted octanol–water partition coefficient (Wildman–Crippen LogP) is 0.623. The number of methoxy groups -OCH3 is 1. The van der Waals surface area contributed by atoms with Crippen LogP contribution < -0.4 is 10.6 Å². The second kappa shape index (κ2) is 7.92. The fourth-order valence-corrected chi connectivity index (χ4v) is 2.72. The maximum Gasteiger partial charge on any atom is 0.238 e. The largest absolute Gasteiger partial charge is 0.383 e. The summed E-state index contributed by atoms with van der Waals surface area (Å²) in [7, 11) is 1.67. The zero-order valence-corrected chi connectivity index (χ0v) is 10.9. The van der Waals surface area contributed by atoms with E-state index in [9.17, 15) is 4.79 Å². The molecule has 0 bridgehead atoms. The number of carbonyl (C=O) groups excluding carboxylic acids is 1. The molecule has 1 aliphatic heterocycles. The van der Waals surface area contributed by atoms with E-state index in [0.717, 1.165) is 30.9 Å². The third-order valence-corrected chi connectivity index (χ3v) is 3.65. The standard InChI is InChI=1S/C11H22N2O2S/c1-3-4-9(7-15-2)13-11(14)10-8-16-6-5-12-10/h9-10,12H,3-8H2,1-2H3,(H,13,14). The Labute approximate surface area is 102 Å². The number of carbonyl (C=O) groups is 1. The monoisotopic (exact) mass is 246 g/mol. The zero-order chi connectivity index (χ0) is 11.8. The quantitative estimate of drug-likeness (QED) is 0.721. The summed E-state index contributed by atoms with van der Waals surface area (Å²) >= 11 is 1.83. The first-order chi connectivity index (χ1) is 7.77. The molecule has 0 aromatic rings. The highest BCUT2D eigenvalue weighted by molar-refractivity contribution is 7.99. The van der Waals surface area contributed by atoms with Crippen LogP contribution in [0.5, 0.6) is 0 Å². The van der Waals surface area contributed by atoms with E-state index in [2.05, 4.69) is 17.6 Å². The van der Waals surface area contributed by atoms with E-state index in [0.29, 0.717) is 6.61 Å². The first kappa shape index (κ1) is 13.8. The lowest BCUT2D eigenvalue weighted by Crippen LogP contribution is -2.52. The van der Waals surface area contributed by atoms with Crippen molar-refractivity contribution in [2.45, 2.75) is 31.8 Å². The van der Waals surface area contributed by atoms with Gasteiger partial charge in [0.15, 0.2) is 0 Å². The summed E-state index contributed by atoms with van der Waals surface area (Å²) in [5.41, 5.74) is 0. The first-order valence-corrected chi connectivity index (χ1v) is 7.03. The van der Waals surface area contributed by atoms with Gasteiger partial charge in [0.2, 0.25) is 5.91 Å². The number of hydrogen-bond donors (Lipinski definition) is 2.